The Bertz CT molecular complexity index is 1080. The van der Waals surface area contributed by atoms with Crippen LogP contribution in [0, 0.1) is 13.8 Å². The fourth-order valence-electron chi connectivity index (χ4n) is 3.80. The standard InChI is InChI=1S/C22H22N4O2/c1-12-4-5-13(2)17(8-12)22-19(11-23-26-22)18-10-21(28)25-20-9-15(24-14(3)27)6-7-16(18)20/h4-9,11,18H,10H2,1-3H3,(H,23,26)(H,24,27)(H,25,28). The first kappa shape index (κ1) is 18.0. The second-order valence-electron chi connectivity index (χ2n) is 7.31. The van der Waals surface area contributed by atoms with Crippen LogP contribution < -0.4 is 10.6 Å². The van der Waals surface area contributed by atoms with E-state index >= 15 is 0 Å². The van der Waals surface area contributed by atoms with Gasteiger partial charge in [-0.15, -0.1) is 0 Å². The van der Waals surface area contributed by atoms with Crippen LogP contribution in [0.25, 0.3) is 11.3 Å². The molecule has 1 unspecified atom stereocenters. The van der Waals surface area contributed by atoms with E-state index in [9.17, 15) is 9.59 Å². The summed E-state index contributed by atoms with van der Waals surface area (Å²) in [6.45, 7) is 5.59. The second-order valence-corrected chi connectivity index (χ2v) is 7.31. The fraction of sp³-hybridized carbons (Fsp3) is 0.227. The molecule has 3 aromatic rings. The summed E-state index contributed by atoms with van der Waals surface area (Å²) in [5.74, 6) is -0.306. The molecule has 0 spiro atoms. The van der Waals surface area contributed by atoms with Gasteiger partial charge >= 0.3 is 0 Å². The SMILES string of the molecule is CC(=O)Nc1ccc2c(c1)NC(=O)CC2c1cn[nH]c1-c1cc(C)ccc1C. The van der Waals surface area contributed by atoms with E-state index in [0.717, 1.165) is 33.6 Å². The third-order valence-corrected chi connectivity index (χ3v) is 5.12. The molecule has 0 fully saturated rings. The number of benzene rings is 2. The number of H-pyrrole nitrogens is 1. The minimum Gasteiger partial charge on any atom is -0.326 e. The van der Waals surface area contributed by atoms with Crippen molar-refractivity contribution >= 4 is 23.2 Å². The van der Waals surface area contributed by atoms with Gasteiger partial charge in [0, 0.05) is 41.8 Å². The third-order valence-electron chi connectivity index (χ3n) is 5.12. The van der Waals surface area contributed by atoms with Gasteiger partial charge < -0.3 is 10.6 Å². The van der Waals surface area contributed by atoms with Crippen molar-refractivity contribution in [3.05, 3.63) is 64.8 Å². The topological polar surface area (TPSA) is 86.9 Å². The first-order valence-electron chi connectivity index (χ1n) is 9.24. The molecule has 3 N–H and O–H groups in total. The Morgan fingerprint density at radius 1 is 1.14 bits per heavy atom. The normalized spacial score (nSPS) is 15.7. The smallest absolute Gasteiger partial charge is 0.225 e. The lowest BCUT2D eigenvalue weighted by Gasteiger charge is -2.26. The van der Waals surface area contributed by atoms with Crippen LogP contribution in [0.2, 0.25) is 0 Å². The van der Waals surface area contributed by atoms with Crippen molar-refractivity contribution in [1.82, 2.24) is 10.2 Å². The molecule has 1 aliphatic rings. The van der Waals surface area contributed by atoms with Crippen LogP contribution in [0.3, 0.4) is 0 Å². The van der Waals surface area contributed by atoms with Crippen molar-refractivity contribution in [2.75, 3.05) is 10.6 Å². The van der Waals surface area contributed by atoms with E-state index in [-0.39, 0.29) is 17.7 Å². The first-order chi connectivity index (χ1) is 13.4. The highest BCUT2D eigenvalue weighted by atomic mass is 16.2. The van der Waals surface area contributed by atoms with Crippen LogP contribution in [0.4, 0.5) is 11.4 Å². The van der Waals surface area contributed by atoms with Crippen LogP contribution in [-0.2, 0) is 9.59 Å². The van der Waals surface area contributed by atoms with Gasteiger partial charge in [-0.05, 0) is 43.2 Å². The van der Waals surface area contributed by atoms with Crippen molar-refractivity contribution < 1.29 is 9.59 Å². The van der Waals surface area contributed by atoms with Gasteiger partial charge in [0.25, 0.3) is 0 Å². The zero-order valence-corrected chi connectivity index (χ0v) is 16.1. The number of fused-ring (bicyclic) bond motifs is 1. The predicted octanol–water partition coefficient (Wildman–Crippen LogP) is 4.13. The van der Waals surface area contributed by atoms with Gasteiger partial charge in [-0.1, -0.05) is 23.8 Å². The number of aryl methyl sites for hydroxylation is 2. The van der Waals surface area contributed by atoms with Crippen molar-refractivity contribution in [3.63, 3.8) is 0 Å². The summed E-state index contributed by atoms with van der Waals surface area (Å²) in [7, 11) is 0. The molecule has 0 bridgehead atoms. The molecule has 2 heterocycles. The molecule has 0 aliphatic carbocycles. The first-order valence-corrected chi connectivity index (χ1v) is 9.24. The molecule has 0 saturated carbocycles. The van der Waals surface area contributed by atoms with Gasteiger partial charge in [-0.3, -0.25) is 14.7 Å². The Balaban J connectivity index is 1.80. The van der Waals surface area contributed by atoms with E-state index in [2.05, 4.69) is 52.9 Å². The number of nitrogens with one attached hydrogen (secondary N) is 3. The molecule has 1 aromatic heterocycles. The maximum atomic E-state index is 12.4. The molecule has 28 heavy (non-hydrogen) atoms. The van der Waals surface area contributed by atoms with E-state index in [0.29, 0.717) is 12.1 Å². The summed E-state index contributed by atoms with van der Waals surface area (Å²) in [4.78, 5) is 23.8. The summed E-state index contributed by atoms with van der Waals surface area (Å²) in [5.41, 5.74) is 7.75. The highest BCUT2D eigenvalue weighted by Crippen LogP contribution is 2.41. The predicted molar refractivity (Wildman–Crippen MR) is 109 cm³/mol. The number of carbonyl (C=O) groups is 2. The van der Waals surface area contributed by atoms with Gasteiger partial charge in [-0.2, -0.15) is 5.10 Å². The quantitative estimate of drug-likeness (QED) is 0.644. The minimum absolute atomic E-state index is 0.0504. The molecule has 2 amide bonds. The van der Waals surface area contributed by atoms with Gasteiger partial charge in [0.05, 0.1) is 11.9 Å². The summed E-state index contributed by atoms with van der Waals surface area (Å²) >= 11 is 0. The van der Waals surface area contributed by atoms with Crippen molar-refractivity contribution in [2.45, 2.75) is 33.1 Å². The van der Waals surface area contributed by atoms with Crippen molar-refractivity contribution in [3.8, 4) is 11.3 Å². The molecule has 6 heteroatoms. The molecule has 6 nitrogen and oxygen atoms in total. The van der Waals surface area contributed by atoms with E-state index in [4.69, 9.17) is 0 Å². The van der Waals surface area contributed by atoms with Gasteiger partial charge in [0.15, 0.2) is 0 Å². The Hall–Kier alpha value is -3.41. The van der Waals surface area contributed by atoms with E-state index in [1.54, 1.807) is 6.07 Å². The number of anilines is 2. The molecule has 0 saturated heterocycles. The molecule has 1 aliphatic heterocycles. The van der Waals surface area contributed by atoms with Crippen molar-refractivity contribution in [1.29, 1.82) is 0 Å². The number of amides is 2. The second kappa shape index (κ2) is 6.96. The van der Waals surface area contributed by atoms with Gasteiger partial charge in [0.1, 0.15) is 0 Å². The lowest BCUT2D eigenvalue weighted by molar-refractivity contribution is -0.116. The van der Waals surface area contributed by atoms with E-state index in [1.807, 2.05) is 18.3 Å². The van der Waals surface area contributed by atoms with Crippen LogP contribution >= 0.6 is 0 Å². The number of rotatable bonds is 3. The fourth-order valence-corrected chi connectivity index (χ4v) is 3.80. The largest absolute Gasteiger partial charge is 0.326 e. The van der Waals surface area contributed by atoms with Crippen LogP contribution in [0.15, 0.2) is 42.6 Å². The number of aromatic nitrogens is 2. The maximum Gasteiger partial charge on any atom is 0.225 e. The average molecular weight is 374 g/mol. The molecular weight excluding hydrogens is 352 g/mol. The number of carbonyl (C=O) groups excluding carboxylic acids is 2. The Morgan fingerprint density at radius 3 is 2.75 bits per heavy atom. The molecule has 1 atom stereocenters. The highest BCUT2D eigenvalue weighted by molar-refractivity contribution is 5.97. The van der Waals surface area contributed by atoms with Crippen LogP contribution in [0.1, 0.15) is 41.5 Å². The summed E-state index contributed by atoms with van der Waals surface area (Å²) in [6, 6.07) is 11.9. The van der Waals surface area contributed by atoms with Crippen LogP contribution in [-0.4, -0.2) is 22.0 Å². The molecular formula is C22H22N4O2. The number of nitrogens with zero attached hydrogens (tertiary/aromatic N) is 1. The van der Waals surface area contributed by atoms with Crippen LogP contribution in [0.5, 0.6) is 0 Å². The molecule has 142 valence electrons. The van der Waals surface area contributed by atoms with E-state index < -0.39 is 0 Å². The summed E-state index contributed by atoms with van der Waals surface area (Å²) < 4.78 is 0. The molecule has 2 aromatic carbocycles. The third kappa shape index (κ3) is 3.29. The van der Waals surface area contributed by atoms with Gasteiger partial charge in [0.2, 0.25) is 11.8 Å². The average Bonchev–Trinajstić information content (AvgIpc) is 3.11. The minimum atomic E-state index is -0.148. The number of hydrogen-bond donors (Lipinski definition) is 3. The number of aromatic amines is 1. The lowest BCUT2D eigenvalue weighted by Crippen LogP contribution is -2.24. The zero-order valence-electron chi connectivity index (χ0n) is 16.1. The monoisotopic (exact) mass is 374 g/mol. The Morgan fingerprint density at radius 2 is 1.96 bits per heavy atom. The lowest BCUT2D eigenvalue weighted by atomic mass is 9.83. The molecule has 4 rings (SSSR count). The Kier molecular flexibility index (Phi) is 4.47. The molecule has 0 radical (unpaired) electrons. The van der Waals surface area contributed by atoms with Crippen molar-refractivity contribution in [2.24, 2.45) is 0 Å². The maximum absolute atomic E-state index is 12.4. The zero-order chi connectivity index (χ0) is 19.8. The highest BCUT2D eigenvalue weighted by Gasteiger charge is 2.30. The summed E-state index contributed by atoms with van der Waals surface area (Å²) in [5, 5.41) is 13.1. The summed E-state index contributed by atoms with van der Waals surface area (Å²) in [6.07, 6.45) is 2.16. The Labute approximate surface area is 163 Å². The van der Waals surface area contributed by atoms with E-state index in [1.165, 1.54) is 12.5 Å². The number of hydrogen-bond acceptors (Lipinski definition) is 3. The van der Waals surface area contributed by atoms with Gasteiger partial charge in [-0.25, -0.2) is 0 Å².